The fourth-order valence-electron chi connectivity index (χ4n) is 3.35. The maximum atomic E-state index is 13.4. The number of primary amides is 2. The van der Waals surface area contributed by atoms with Gasteiger partial charge in [-0.1, -0.05) is 11.6 Å². The molecular formula is C17H15ClF3N5O3S. The van der Waals surface area contributed by atoms with Crippen molar-refractivity contribution in [3.05, 3.63) is 34.0 Å². The van der Waals surface area contributed by atoms with Crippen LogP contribution in [0.2, 0.25) is 5.02 Å². The molecule has 3 rings (SSSR count). The summed E-state index contributed by atoms with van der Waals surface area (Å²) in [5.74, 6) is -2.48. The van der Waals surface area contributed by atoms with E-state index in [4.69, 9.17) is 23.1 Å². The average Bonchev–Trinajstić information content (AvgIpc) is 2.98. The first-order chi connectivity index (χ1) is 13.8. The van der Waals surface area contributed by atoms with Crippen LogP contribution in [0.1, 0.15) is 35.0 Å². The van der Waals surface area contributed by atoms with Crippen LogP contribution in [0.4, 0.5) is 19.0 Å². The topological polar surface area (TPSA) is 133 Å². The molecule has 5 N–H and O–H groups in total. The van der Waals surface area contributed by atoms with Crippen LogP contribution in [-0.2, 0) is 21.3 Å². The minimum atomic E-state index is -4.80. The summed E-state index contributed by atoms with van der Waals surface area (Å²) in [7, 11) is 0. The van der Waals surface area contributed by atoms with Crippen LogP contribution >= 0.6 is 23.4 Å². The first-order valence-corrected chi connectivity index (χ1v) is 9.89. The maximum Gasteiger partial charge on any atom is 0.416 e. The Morgan fingerprint density at radius 3 is 2.40 bits per heavy atom. The van der Waals surface area contributed by atoms with Gasteiger partial charge in [-0.15, -0.1) is 11.8 Å². The highest BCUT2D eigenvalue weighted by atomic mass is 35.5. The number of fused-ring (bicyclic) bond motifs is 3. The zero-order valence-corrected chi connectivity index (χ0v) is 17.1. The lowest BCUT2D eigenvalue weighted by Gasteiger charge is -2.38. The van der Waals surface area contributed by atoms with Gasteiger partial charge < -0.3 is 16.8 Å². The second-order valence-electron chi connectivity index (χ2n) is 6.59. The van der Waals surface area contributed by atoms with E-state index in [2.05, 4.69) is 10.4 Å². The third kappa shape index (κ3) is 3.29. The smallest absolute Gasteiger partial charge is 0.370 e. The third-order valence-corrected chi connectivity index (χ3v) is 5.72. The zero-order valence-electron chi connectivity index (χ0n) is 15.6. The van der Waals surface area contributed by atoms with E-state index in [1.807, 2.05) is 0 Å². The molecule has 1 aliphatic rings. The summed E-state index contributed by atoms with van der Waals surface area (Å²) in [6.45, 7) is 1.26. The summed E-state index contributed by atoms with van der Waals surface area (Å²) in [6, 6.07) is 1.33. The van der Waals surface area contributed by atoms with Crippen molar-refractivity contribution in [1.82, 2.24) is 9.78 Å². The van der Waals surface area contributed by atoms with Crippen LogP contribution in [-0.4, -0.2) is 33.6 Å². The van der Waals surface area contributed by atoms with Gasteiger partial charge in [-0.25, -0.2) is 4.68 Å². The quantitative estimate of drug-likeness (QED) is 0.462. The number of alkyl halides is 3. The van der Waals surface area contributed by atoms with Gasteiger partial charge in [0.25, 0.3) is 0 Å². The Hall–Kier alpha value is -2.73. The van der Waals surface area contributed by atoms with Crippen molar-refractivity contribution in [2.45, 2.75) is 30.0 Å². The van der Waals surface area contributed by atoms with Gasteiger partial charge >= 0.3 is 6.18 Å². The summed E-state index contributed by atoms with van der Waals surface area (Å²) in [4.78, 5) is 36.6. The van der Waals surface area contributed by atoms with E-state index in [9.17, 15) is 27.6 Å². The second-order valence-corrected chi connectivity index (χ2v) is 7.81. The third-order valence-electron chi connectivity index (χ3n) is 4.63. The minimum Gasteiger partial charge on any atom is -0.370 e. The molecule has 0 saturated heterocycles. The fourth-order valence-corrected chi connectivity index (χ4v) is 4.36. The van der Waals surface area contributed by atoms with E-state index in [0.29, 0.717) is 17.0 Å². The van der Waals surface area contributed by atoms with Gasteiger partial charge in [0.2, 0.25) is 11.8 Å². The number of hydrogen-bond acceptors (Lipinski definition) is 6. The Morgan fingerprint density at radius 1 is 1.30 bits per heavy atom. The number of rotatable bonds is 5. The van der Waals surface area contributed by atoms with Crippen LogP contribution in [0, 0.1) is 0 Å². The summed E-state index contributed by atoms with van der Waals surface area (Å²) in [5.41, 5.74) is 7.11. The number of nitrogens with two attached hydrogens (primary N) is 2. The zero-order chi connectivity index (χ0) is 22.6. The van der Waals surface area contributed by atoms with E-state index in [-0.39, 0.29) is 22.8 Å². The molecule has 8 nitrogen and oxygen atoms in total. The molecule has 1 atom stereocenters. The highest BCUT2D eigenvalue weighted by Crippen LogP contribution is 2.48. The number of halogens is 4. The van der Waals surface area contributed by atoms with Gasteiger partial charge in [-0.3, -0.25) is 14.4 Å². The number of Topliss-reactive ketones (excluding diaryl/α,β-unsaturated/α-hetero) is 1. The number of aromatic nitrogens is 2. The van der Waals surface area contributed by atoms with Crippen molar-refractivity contribution in [2.24, 2.45) is 11.5 Å². The summed E-state index contributed by atoms with van der Waals surface area (Å²) in [6.07, 6.45) is -3.91. The van der Waals surface area contributed by atoms with E-state index >= 15 is 0 Å². The number of ketones is 1. The molecule has 1 unspecified atom stereocenters. The minimum absolute atomic E-state index is 0.00580. The molecule has 0 aliphatic carbocycles. The van der Waals surface area contributed by atoms with E-state index in [0.717, 1.165) is 16.4 Å². The molecule has 1 aliphatic heterocycles. The van der Waals surface area contributed by atoms with E-state index in [1.54, 1.807) is 6.26 Å². The van der Waals surface area contributed by atoms with Crippen LogP contribution < -0.4 is 16.8 Å². The molecule has 160 valence electrons. The maximum absolute atomic E-state index is 13.4. The molecule has 2 aromatic rings. The number of nitrogens with zero attached hydrogens (tertiary/aromatic N) is 2. The largest absolute Gasteiger partial charge is 0.416 e. The molecule has 1 aromatic heterocycles. The number of hydrogen-bond donors (Lipinski definition) is 3. The van der Waals surface area contributed by atoms with Crippen molar-refractivity contribution in [3.8, 4) is 5.69 Å². The van der Waals surface area contributed by atoms with Crippen molar-refractivity contribution < 1.29 is 27.6 Å². The lowest BCUT2D eigenvalue weighted by molar-refractivity contribution is -0.137. The normalized spacial score (nSPS) is 17.7. The number of thioether (sulfide) groups is 1. The Bertz CT molecular complexity index is 1100. The van der Waals surface area contributed by atoms with Crippen LogP contribution in [0.5, 0.6) is 0 Å². The van der Waals surface area contributed by atoms with Gasteiger partial charge in [-0.05, 0) is 18.4 Å². The standard InChI is InChI=1S/C17H15ClF3N5O3S/c1-6(27)11-13(30-2)14-24-16(15(23)29,5-10(22)28)8-3-7(17(19,20)21)4-9(18)12(8)26(14)25-11/h3-4,24H,5H2,1-2H3,(H2,22,28)(H2,23,29). The number of amides is 2. The Kier molecular flexibility index (Phi) is 5.27. The van der Waals surface area contributed by atoms with Crippen molar-refractivity contribution >= 4 is 46.8 Å². The van der Waals surface area contributed by atoms with Gasteiger partial charge in [0.15, 0.2) is 11.3 Å². The first-order valence-electron chi connectivity index (χ1n) is 8.29. The van der Waals surface area contributed by atoms with Gasteiger partial charge in [0, 0.05) is 12.5 Å². The van der Waals surface area contributed by atoms with Gasteiger partial charge in [0.05, 0.1) is 27.6 Å². The van der Waals surface area contributed by atoms with Crippen molar-refractivity contribution in [3.63, 3.8) is 0 Å². The van der Waals surface area contributed by atoms with E-state index in [1.165, 1.54) is 6.92 Å². The molecule has 0 saturated carbocycles. The lowest BCUT2D eigenvalue weighted by Crippen LogP contribution is -2.53. The molecule has 13 heteroatoms. The highest BCUT2D eigenvalue weighted by Gasteiger charge is 2.49. The summed E-state index contributed by atoms with van der Waals surface area (Å²) < 4.78 is 41.4. The molecular weight excluding hydrogens is 447 g/mol. The number of nitrogens with one attached hydrogen (secondary N) is 1. The lowest BCUT2D eigenvalue weighted by atomic mass is 9.82. The Labute approximate surface area is 177 Å². The van der Waals surface area contributed by atoms with Gasteiger partial charge in [-0.2, -0.15) is 18.3 Å². The number of anilines is 1. The molecule has 2 amide bonds. The number of carbonyl (C=O) groups excluding carboxylic acids is 3. The van der Waals surface area contributed by atoms with Crippen LogP contribution in [0.15, 0.2) is 17.0 Å². The van der Waals surface area contributed by atoms with E-state index < -0.39 is 46.3 Å². The second kappa shape index (κ2) is 7.20. The SMILES string of the molecule is CSc1c(C(C)=O)nn2c1NC(CC(N)=O)(C(N)=O)c1cc(C(F)(F)F)cc(Cl)c1-2. The first kappa shape index (κ1) is 22.0. The summed E-state index contributed by atoms with van der Waals surface area (Å²) in [5, 5.41) is 6.49. The molecule has 2 heterocycles. The van der Waals surface area contributed by atoms with Crippen LogP contribution in [0.3, 0.4) is 0 Å². The monoisotopic (exact) mass is 461 g/mol. The predicted octanol–water partition coefficient (Wildman–Crippen LogP) is 2.45. The molecule has 0 radical (unpaired) electrons. The predicted molar refractivity (Wildman–Crippen MR) is 104 cm³/mol. The van der Waals surface area contributed by atoms with Gasteiger partial charge in [0.1, 0.15) is 11.5 Å². The van der Waals surface area contributed by atoms with Crippen LogP contribution in [0.25, 0.3) is 5.69 Å². The molecule has 0 spiro atoms. The molecule has 30 heavy (non-hydrogen) atoms. The van der Waals surface area contributed by atoms with Crippen molar-refractivity contribution in [1.29, 1.82) is 0 Å². The molecule has 1 aromatic carbocycles. The Morgan fingerprint density at radius 2 is 1.93 bits per heavy atom. The number of benzene rings is 1. The van der Waals surface area contributed by atoms with Crippen molar-refractivity contribution in [2.75, 3.05) is 11.6 Å². The highest BCUT2D eigenvalue weighted by molar-refractivity contribution is 7.98. The summed E-state index contributed by atoms with van der Waals surface area (Å²) >= 11 is 7.29. The molecule has 0 fully saturated rings. The fraction of sp³-hybridized carbons (Fsp3) is 0.294. The average molecular weight is 462 g/mol. The molecule has 0 bridgehead atoms. The Balaban J connectivity index is 2.48. The number of carbonyl (C=O) groups is 3.